The van der Waals surface area contributed by atoms with E-state index in [2.05, 4.69) is 20.3 Å². The molecule has 0 unspecified atom stereocenters. The maximum absolute atomic E-state index is 13.1. The summed E-state index contributed by atoms with van der Waals surface area (Å²) in [5.74, 6) is 0.0614. The molecule has 0 amide bonds. The number of ether oxygens (including phenoxy) is 1. The van der Waals surface area contributed by atoms with Crippen LogP contribution in [0.3, 0.4) is 0 Å². The molecular formula is C25H22F3N5O2. The van der Waals surface area contributed by atoms with Gasteiger partial charge in [0.1, 0.15) is 16.7 Å². The van der Waals surface area contributed by atoms with Crippen molar-refractivity contribution in [3.63, 3.8) is 0 Å². The van der Waals surface area contributed by atoms with Crippen LogP contribution in [0.4, 0.5) is 24.9 Å². The van der Waals surface area contributed by atoms with Gasteiger partial charge in [-0.1, -0.05) is 42.5 Å². The van der Waals surface area contributed by atoms with Crippen LogP contribution in [0, 0.1) is 0 Å². The van der Waals surface area contributed by atoms with E-state index >= 15 is 0 Å². The molecule has 0 atom stereocenters. The highest BCUT2D eigenvalue weighted by molar-refractivity contribution is 6.01. The molecule has 1 N–H and O–H groups in total. The van der Waals surface area contributed by atoms with E-state index in [1.807, 2.05) is 30.3 Å². The average Bonchev–Trinajstić information content (AvgIpc) is 2.86. The minimum atomic E-state index is -4.47. The summed E-state index contributed by atoms with van der Waals surface area (Å²) in [4.78, 5) is 27.7. The molecule has 0 aliphatic carbocycles. The number of aromatic nitrogens is 3. The topological polar surface area (TPSA) is 80.2 Å². The normalized spacial score (nSPS) is 11.4. The summed E-state index contributed by atoms with van der Waals surface area (Å²) in [5, 5.41) is 3.19. The van der Waals surface area contributed by atoms with Crippen LogP contribution in [-0.4, -0.2) is 42.1 Å². The molecule has 0 saturated heterocycles. The molecule has 180 valence electrons. The van der Waals surface area contributed by atoms with Crippen molar-refractivity contribution in [1.29, 1.82) is 0 Å². The highest BCUT2D eigenvalue weighted by atomic mass is 19.4. The van der Waals surface area contributed by atoms with E-state index < -0.39 is 17.7 Å². The summed E-state index contributed by atoms with van der Waals surface area (Å²) >= 11 is 0. The molecule has 4 rings (SSSR count). The quantitative estimate of drug-likeness (QED) is 0.380. The Morgan fingerprint density at radius 3 is 2.26 bits per heavy atom. The van der Waals surface area contributed by atoms with Crippen LogP contribution >= 0.6 is 0 Å². The number of esters is 1. The lowest BCUT2D eigenvalue weighted by Gasteiger charge is -2.18. The summed E-state index contributed by atoms with van der Waals surface area (Å²) in [5.41, 5.74) is 1.80. The number of pyridine rings is 1. The number of hydrogen-bond donors (Lipinski definition) is 1. The van der Waals surface area contributed by atoms with Crippen LogP contribution in [0.25, 0.3) is 22.2 Å². The minimum absolute atomic E-state index is 0.00778. The molecule has 10 heteroatoms. The van der Waals surface area contributed by atoms with Gasteiger partial charge in [0, 0.05) is 26.2 Å². The van der Waals surface area contributed by atoms with Crippen LogP contribution < -0.4 is 10.2 Å². The lowest BCUT2D eigenvalue weighted by molar-refractivity contribution is -0.137. The van der Waals surface area contributed by atoms with Crippen molar-refractivity contribution < 1.29 is 22.7 Å². The van der Waals surface area contributed by atoms with Crippen LogP contribution in [0.1, 0.15) is 21.6 Å². The molecule has 0 bridgehead atoms. The van der Waals surface area contributed by atoms with E-state index in [1.165, 1.54) is 25.3 Å². The largest absolute Gasteiger partial charge is 0.464 e. The van der Waals surface area contributed by atoms with Gasteiger partial charge in [0.25, 0.3) is 0 Å². The zero-order valence-electron chi connectivity index (χ0n) is 19.2. The second-order valence-corrected chi connectivity index (χ2v) is 7.92. The van der Waals surface area contributed by atoms with E-state index in [4.69, 9.17) is 4.74 Å². The van der Waals surface area contributed by atoms with Gasteiger partial charge >= 0.3 is 12.1 Å². The number of fused-ring (bicyclic) bond motifs is 1. The number of methoxy groups -OCH3 is 1. The van der Waals surface area contributed by atoms with Gasteiger partial charge in [-0.15, -0.1) is 0 Å². The number of nitrogens with one attached hydrogen (secondary N) is 1. The highest BCUT2D eigenvalue weighted by Gasteiger charge is 2.30. The second-order valence-electron chi connectivity index (χ2n) is 7.92. The number of hydrogen-bond acceptors (Lipinski definition) is 7. The lowest BCUT2D eigenvalue weighted by Crippen LogP contribution is -2.16. The van der Waals surface area contributed by atoms with Crippen LogP contribution in [0.15, 0.2) is 60.7 Å². The third-order valence-corrected chi connectivity index (χ3v) is 5.27. The fraction of sp³-hybridized carbons (Fsp3) is 0.200. The molecule has 2 aromatic heterocycles. The summed E-state index contributed by atoms with van der Waals surface area (Å²) in [6.07, 6.45) is -4.47. The van der Waals surface area contributed by atoms with Crippen molar-refractivity contribution in [1.82, 2.24) is 15.0 Å². The molecule has 2 heterocycles. The molecule has 0 aliphatic rings. The molecule has 0 saturated carbocycles. The van der Waals surface area contributed by atoms with Crippen molar-refractivity contribution in [2.24, 2.45) is 0 Å². The first-order valence-electron chi connectivity index (χ1n) is 10.6. The molecule has 0 spiro atoms. The number of benzene rings is 2. The number of carbonyl (C=O) groups excluding carboxylic acids is 1. The molecule has 35 heavy (non-hydrogen) atoms. The Bertz CT molecular complexity index is 1360. The molecule has 0 radical (unpaired) electrons. The number of nitrogens with zero attached hydrogens (tertiary/aromatic N) is 4. The van der Waals surface area contributed by atoms with E-state index in [0.717, 1.165) is 17.7 Å². The van der Waals surface area contributed by atoms with Gasteiger partial charge in [0.05, 0.1) is 12.7 Å². The lowest BCUT2D eigenvalue weighted by atomic mass is 10.0. The van der Waals surface area contributed by atoms with E-state index in [1.54, 1.807) is 19.0 Å². The van der Waals surface area contributed by atoms with Gasteiger partial charge < -0.3 is 15.0 Å². The van der Waals surface area contributed by atoms with Crippen LogP contribution in [0.2, 0.25) is 0 Å². The molecule has 4 aromatic rings. The molecule has 0 aliphatic heterocycles. The molecule has 2 aromatic carbocycles. The summed E-state index contributed by atoms with van der Waals surface area (Å²) in [7, 11) is 4.77. The third-order valence-electron chi connectivity index (χ3n) is 5.27. The number of halogens is 3. The smallest absolute Gasteiger partial charge is 0.416 e. The number of alkyl halides is 3. The van der Waals surface area contributed by atoms with Gasteiger partial charge in [-0.2, -0.15) is 18.2 Å². The van der Waals surface area contributed by atoms with Gasteiger partial charge in [-0.05, 0) is 29.3 Å². The van der Waals surface area contributed by atoms with Gasteiger partial charge in [0.15, 0.2) is 5.82 Å². The maximum Gasteiger partial charge on any atom is 0.416 e. The van der Waals surface area contributed by atoms with Crippen molar-refractivity contribution in [3.05, 3.63) is 77.5 Å². The fourth-order valence-corrected chi connectivity index (χ4v) is 3.53. The summed E-state index contributed by atoms with van der Waals surface area (Å²) in [6.45, 7) is 0.461. The summed E-state index contributed by atoms with van der Waals surface area (Å²) in [6, 6.07) is 15.8. The number of carbonyl (C=O) groups is 1. The predicted molar refractivity (Wildman–Crippen MR) is 127 cm³/mol. The number of anilines is 2. The van der Waals surface area contributed by atoms with Crippen molar-refractivity contribution in [2.45, 2.75) is 12.7 Å². The summed E-state index contributed by atoms with van der Waals surface area (Å²) < 4.78 is 44.1. The third kappa shape index (κ3) is 5.16. The second kappa shape index (κ2) is 9.57. The predicted octanol–water partition coefficient (Wildman–Crippen LogP) is 5.18. The fourth-order valence-electron chi connectivity index (χ4n) is 3.53. The van der Waals surface area contributed by atoms with Crippen molar-refractivity contribution in [2.75, 3.05) is 31.4 Å². The Morgan fingerprint density at radius 2 is 1.66 bits per heavy atom. The van der Waals surface area contributed by atoms with Gasteiger partial charge in [-0.25, -0.2) is 14.8 Å². The Morgan fingerprint density at radius 1 is 0.971 bits per heavy atom. The van der Waals surface area contributed by atoms with Crippen molar-refractivity contribution >= 4 is 28.8 Å². The van der Waals surface area contributed by atoms with Gasteiger partial charge in [-0.3, -0.25) is 0 Å². The molecule has 0 fully saturated rings. The van der Waals surface area contributed by atoms with Crippen molar-refractivity contribution in [3.8, 4) is 11.1 Å². The average molecular weight is 481 g/mol. The Hall–Kier alpha value is -4.21. The Kier molecular flexibility index (Phi) is 6.54. The highest BCUT2D eigenvalue weighted by Crippen LogP contribution is 2.35. The van der Waals surface area contributed by atoms with Gasteiger partial charge in [0.2, 0.25) is 5.95 Å². The van der Waals surface area contributed by atoms with E-state index in [-0.39, 0.29) is 5.69 Å². The Balaban J connectivity index is 1.89. The van der Waals surface area contributed by atoms with E-state index in [9.17, 15) is 18.0 Å². The molecule has 7 nitrogen and oxygen atoms in total. The van der Waals surface area contributed by atoms with E-state index in [0.29, 0.717) is 40.5 Å². The SMILES string of the molecule is COC(=O)c1cc(-c2ccc(C(F)(F)F)cc2)c2nc(NCc3ccccc3)nc(N(C)C)c2n1. The minimum Gasteiger partial charge on any atom is -0.464 e. The zero-order chi connectivity index (χ0) is 25.2. The monoisotopic (exact) mass is 481 g/mol. The first-order chi connectivity index (χ1) is 16.7. The zero-order valence-corrected chi connectivity index (χ0v) is 19.2. The molecular weight excluding hydrogens is 459 g/mol. The first-order valence-corrected chi connectivity index (χ1v) is 10.6. The Labute approximate surface area is 199 Å². The standard InChI is InChI=1S/C25H22F3N5O2/c1-33(2)22-21-20(31-24(32-22)29-14-15-7-5-4-6-8-15)18(13-19(30-21)23(34)35-3)16-9-11-17(12-10-16)25(26,27)28/h4-13H,14H2,1-3H3,(H,29,31,32). The maximum atomic E-state index is 13.1. The van der Waals surface area contributed by atoms with Crippen LogP contribution in [0.5, 0.6) is 0 Å². The van der Waals surface area contributed by atoms with Crippen LogP contribution in [-0.2, 0) is 17.5 Å². The number of rotatable bonds is 6. The first kappa shape index (κ1) is 23.9.